The van der Waals surface area contributed by atoms with Crippen LogP contribution in [0.2, 0.25) is 0 Å². The number of carbonyl (C=O) groups excluding carboxylic acids is 1. The monoisotopic (exact) mass is 325 g/mol. The van der Waals surface area contributed by atoms with Crippen LogP contribution in [0.25, 0.3) is 5.65 Å². The Labute approximate surface area is 139 Å². The first kappa shape index (κ1) is 15.9. The number of hydrogen-bond donors (Lipinski definition) is 2. The molecule has 2 N–H and O–H groups in total. The first-order valence-corrected chi connectivity index (χ1v) is 7.63. The second kappa shape index (κ2) is 6.67. The number of likely N-dealkylation sites (N-methyl/N-ethyl adjacent to an activating group) is 1. The van der Waals surface area contributed by atoms with Gasteiger partial charge in [0.05, 0.1) is 12.2 Å². The van der Waals surface area contributed by atoms with Crippen molar-refractivity contribution in [3.63, 3.8) is 0 Å². The SMILES string of the molecule is Cc1nnc2ccc(C(=O)Nc3ccc(N(C)CCO)cc3)cn12. The van der Waals surface area contributed by atoms with Crippen molar-refractivity contribution in [3.05, 3.63) is 54.0 Å². The molecule has 1 amide bonds. The van der Waals surface area contributed by atoms with Gasteiger partial charge in [0.15, 0.2) is 5.65 Å². The summed E-state index contributed by atoms with van der Waals surface area (Å²) in [5.41, 5.74) is 2.93. The molecule has 0 fully saturated rings. The molecule has 7 nitrogen and oxygen atoms in total. The minimum Gasteiger partial charge on any atom is -0.395 e. The second-order valence-electron chi connectivity index (χ2n) is 5.54. The number of nitrogens with zero attached hydrogens (tertiary/aromatic N) is 4. The lowest BCUT2D eigenvalue weighted by atomic mass is 10.2. The van der Waals surface area contributed by atoms with Gasteiger partial charge in [-0.25, -0.2) is 0 Å². The van der Waals surface area contributed by atoms with Crippen LogP contribution in [0.1, 0.15) is 16.2 Å². The molecule has 0 spiro atoms. The molecule has 0 saturated carbocycles. The molecule has 2 aromatic heterocycles. The van der Waals surface area contributed by atoms with Gasteiger partial charge in [-0.05, 0) is 43.3 Å². The molecule has 0 saturated heterocycles. The standard InChI is InChI=1S/C17H19N5O2/c1-12-19-20-16-8-3-13(11-22(12)16)17(24)18-14-4-6-15(7-5-14)21(2)9-10-23/h3-8,11,23H,9-10H2,1-2H3,(H,18,24). The van der Waals surface area contributed by atoms with Crippen molar-refractivity contribution in [2.45, 2.75) is 6.92 Å². The fraction of sp³-hybridized carbons (Fsp3) is 0.235. The van der Waals surface area contributed by atoms with Crippen molar-refractivity contribution in [3.8, 4) is 0 Å². The number of aromatic nitrogens is 3. The summed E-state index contributed by atoms with van der Waals surface area (Å²) in [7, 11) is 1.90. The summed E-state index contributed by atoms with van der Waals surface area (Å²) in [4.78, 5) is 14.3. The summed E-state index contributed by atoms with van der Waals surface area (Å²) in [5.74, 6) is 0.539. The van der Waals surface area contributed by atoms with Crippen LogP contribution in [-0.4, -0.2) is 45.8 Å². The molecular weight excluding hydrogens is 306 g/mol. The van der Waals surface area contributed by atoms with Gasteiger partial charge in [-0.2, -0.15) is 0 Å². The normalized spacial score (nSPS) is 10.8. The van der Waals surface area contributed by atoms with E-state index in [2.05, 4.69) is 15.5 Å². The van der Waals surface area contributed by atoms with Crippen molar-refractivity contribution in [1.29, 1.82) is 0 Å². The number of nitrogens with one attached hydrogen (secondary N) is 1. The molecule has 3 rings (SSSR count). The van der Waals surface area contributed by atoms with E-state index >= 15 is 0 Å². The maximum Gasteiger partial charge on any atom is 0.257 e. The molecule has 0 atom stereocenters. The summed E-state index contributed by atoms with van der Waals surface area (Å²) >= 11 is 0. The van der Waals surface area contributed by atoms with Crippen molar-refractivity contribution < 1.29 is 9.90 Å². The Bertz CT molecular complexity index is 857. The Hall–Kier alpha value is -2.93. The van der Waals surface area contributed by atoms with E-state index in [4.69, 9.17) is 5.11 Å². The van der Waals surface area contributed by atoms with Gasteiger partial charge < -0.3 is 15.3 Å². The highest BCUT2D eigenvalue weighted by Gasteiger charge is 2.09. The molecule has 0 bridgehead atoms. The molecule has 0 radical (unpaired) electrons. The predicted molar refractivity (Wildman–Crippen MR) is 92.5 cm³/mol. The number of aliphatic hydroxyl groups is 1. The number of carbonyl (C=O) groups is 1. The van der Waals surface area contributed by atoms with Crippen LogP contribution in [0.3, 0.4) is 0 Å². The Morgan fingerprint density at radius 3 is 2.67 bits per heavy atom. The highest BCUT2D eigenvalue weighted by molar-refractivity contribution is 6.04. The van der Waals surface area contributed by atoms with Gasteiger partial charge >= 0.3 is 0 Å². The van der Waals surface area contributed by atoms with Crippen LogP contribution in [0.15, 0.2) is 42.6 Å². The van der Waals surface area contributed by atoms with E-state index in [1.807, 2.05) is 43.1 Å². The van der Waals surface area contributed by atoms with E-state index in [-0.39, 0.29) is 12.5 Å². The van der Waals surface area contributed by atoms with Crippen LogP contribution in [-0.2, 0) is 0 Å². The molecule has 124 valence electrons. The van der Waals surface area contributed by atoms with Crippen LogP contribution in [0, 0.1) is 6.92 Å². The van der Waals surface area contributed by atoms with E-state index < -0.39 is 0 Å². The Morgan fingerprint density at radius 2 is 1.96 bits per heavy atom. The molecule has 0 unspecified atom stereocenters. The number of rotatable bonds is 5. The topological polar surface area (TPSA) is 82.8 Å². The Morgan fingerprint density at radius 1 is 1.21 bits per heavy atom. The van der Waals surface area contributed by atoms with Crippen LogP contribution >= 0.6 is 0 Å². The number of benzene rings is 1. The number of hydrogen-bond acceptors (Lipinski definition) is 5. The molecule has 7 heteroatoms. The largest absolute Gasteiger partial charge is 0.395 e. The average Bonchev–Trinajstić information content (AvgIpc) is 2.96. The number of amides is 1. The third-order valence-electron chi connectivity index (χ3n) is 3.84. The van der Waals surface area contributed by atoms with Gasteiger partial charge in [0, 0.05) is 31.2 Å². The summed E-state index contributed by atoms with van der Waals surface area (Å²) in [6.45, 7) is 2.49. The minimum atomic E-state index is -0.193. The van der Waals surface area contributed by atoms with E-state index in [0.29, 0.717) is 23.4 Å². The minimum absolute atomic E-state index is 0.0972. The second-order valence-corrected chi connectivity index (χ2v) is 5.54. The lowest BCUT2D eigenvalue weighted by Crippen LogP contribution is -2.21. The summed E-state index contributed by atoms with van der Waals surface area (Å²) < 4.78 is 1.78. The number of fused-ring (bicyclic) bond motifs is 1. The third-order valence-corrected chi connectivity index (χ3v) is 3.84. The smallest absolute Gasteiger partial charge is 0.257 e. The quantitative estimate of drug-likeness (QED) is 0.746. The number of aryl methyl sites for hydroxylation is 1. The molecule has 0 aliphatic carbocycles. The first-order valence-electron chi connectivity index (χ1n) is 7.63. The molecule has 2 heterocycles. The van der Waals surface area contributed by atoms with Crippen molar-refractivity contribution in [2.75, 3.05) is 30.4 Å². The molecule has 1 aromatic carbocycles. The van der Waals surface area contributed by atoms with E-state index in [1.54, 1.807) is 22.7 Å². The molecule has 3 aromatic rings. The van der Waals surface area contributed by atoms with Crippen molar-refractivity contribution >= 4 is 22.9 Å². The lowest BCUT2D eigenvalue weighted by molar-refractivity contribution is 0.102. The van der Waals surface area contributed by atoms with E-state index in [9.17, 15) is 4.79 Å². The Kier molecular flexibility index (Phi) is 4.43. The zero-order chi connectivity index (χ0) is 17.1. The fourth-order valence-electron chi connectivity index (χ4n) is 2.42. The van der Waals surface area contributed by atoms with Gasteiger partial charge in [0.25, 0.3) is 5.91 Å². The van der Waals surface area contributed by atoms with Gasteiger partial charge in [-0.15, -0.1) is 10.2 Å². The Balaban J connectivity index is 1.74. The highest BCUT2D eigenvalue weighted by atomic mass is 16.3. The fourth-order valence-corrected chi connectivity index (χ4v) is 2.42. The first-order chi connectivity index (χ1) is 11.6. The number of anilines is 2. The van der Waals surface area contributed by atoms with Gasteiger partial charge in [-0.1, -0.05) is 0 Å². The van der Waals surface area contributed by atoms with E-state index in [1.165, 1.54) is 0 Å². The number of pyridine rings is 1. The summed E-state index contributed by atoms with van der Waals surface area (Å²) in [5, 5.41) is 19.8. The molecular formula is C17H19N5O2. The van der Waals surface area contributed by atoms with Crippen LogP contribution in [0.5, 0.6) is 0 Å². The third kappa shape index (κ3) is 3.21. The maximum atomic E-state index is 12.4. The van der Waals surface area contributed by atoms with Gasteiger partial charge in [-0.3, -0.25) is 9.20 Å². The van der Waals surface area contributed by atoms with Gasteiger partial charge in [0.2, 0.25) is 0 Å². The number of aliphatic hydroxyl groups excluding tert-OH is 1. The van der Waals surface area contributed by atoms with Crippen LogP contribution < -0.4 is 10.2 Å². The van der Waals surface area contributed by atoms with Crippen molar-refractivity contribution in [1.82, 2.24) is 14.6 Å². The van der Waals surface area contributed by atoms with Crippen molar-refractivity contribution in [2.24, 2.45) is 0 Å². The van der Waals surface area contributed by atoms with E-state index in [0.717, 1.165) is 11.5 Å². The lowest BCUT2D eigenvalue weighted by Gasteiger charge is -2.18. The zero-order valence-corrected chi connectivity index (χ0v) is 13.6. The summed E-state index contributed by atoms with van der Waals surface area (Å²) in [6, 6.07) is 11.0. The summed E-state index contributed by atoms with van der Waals surface area (Å²) in [6.07, 6.45) is 1.73. The van der Waals surface area contributed by atoms with Gasteiger partial charge in [0.1, 0.15) is 5.82 Å². The predicted octanol–water partition coefficient (Wildman–Crippen LogP) is 1.72. The highest BCUT2D eigenvalue weighted by Crippen LogP contribution is 2.17. The molecule has 0 aliphatic heterocycles. The molecule has 0 aliphatic rings. The molecule has 24 heavy (non-hydrogen) atoms. The average molecular weight is 325 g/mol. The zero-order valence-electron chi connectivity index (χ0n) is 13.6. The van der Waals surface area contributed by atoms with Crippen LogP contribution in [0.4, 0.5) is 11.4 Å². The maximum absolute atomic E-state index is 12.4.